The highest BCUT2D eigenvalue weighted by molar-refractivity contribution is 5.64. The Bertz CT molecular complexity index is 268. The highest BCUT2D eigenvalue weighted by Gasteiger charge is 2.02. The van der Waals surface area contributed by atoms with Crippen molar-refractivity contribution >= 4 is 6.09 Å². The molecule has 4 heteroatoms. The van der Waals surface area contributed by atoms with Gasteiger partial charge in [-0.1, -0.05) is 13.3 Å². The molecule has 0 saturated carbocycles. The standard InChI is InChI=1S/C8H12N2O2/c1-2-3-4-9-5-6-10(7-9)8(11)12/h5-7H,2-4H2,1H3. The van der Waals surface area contributed by atoms with Gasteiger partial charge in [-0.25, -0.2) is 4.57 Å². The Balaban J connectivity index is 2.58. The fraction of sp³-hybridized carbons (Fsp3) is 0.500. The Hall–Kier alpha value is -1.32. The van der Waals surface area contributed by atoms with Gasteiger partial charge in [0.15, 0.2) is 0 Å². The molecule has 0 amide bonds. The van der Waals surface area contributed by atoms with Crippen molar-refractivity contribution in [2.45, 2.75) is 26.3 Å². The average molecular weight is 168 g/mol. The third-order valence-corrected chi connectivity index (χ3v) is 1.67. The first kappa shape index (κ1) is 8.77. The molecule has 0 unspecified atom stereocenters. The van der Waals surface area contributed by atoms with E-state index in [-0.39, 0.29) is 0 Å². The second-order valence-electron chi connectivity index (χ2n) is 2.68. The van der Waals surface area contributed by atoms with Crippen LogP contribution in [0.15, 0.2) is 18.7 Å². The molecule has 0 fully saturated rings. The lowest BCUT2D eigenvalue weighted by Crippen LogP contribution is -2.33. The number of unbranched alkanes of at least 4 members (excludes halogenated alkanes) is 1. The van der Waals surface area contributed by atoms with Gasteiger partial charge in [0, 0.05) is 0 Å². The van der Waals surface area contributed by atoms with Gasteiger partial charge in [0.2, 0.25) is 12.4 Å². The average Bonchev–Trinajstić information content (AvgIpc) is 2.48. The van der Waals surface area contributed by atoms with Gasteiger partial charge < -0.3 is 9.90 Å². The van der Waals surface area contributed by atoms with Crippen LogP contribution >= 0.6 is 0 Å². The van der Waals surface area contributed by atoms with Crippen molar-refractivity contribution in [1.29, 1.82) is 0 Å². The Labute approximate surface area is 71.1 Å². The fourth-order valence-corrected chi connectivity index (χ4v) is 0.975. The van der Waals surface area contributed by atoms with Crippen molar-refractivity contribution in [2.24, 2.45) is 0 Å². The summed E-state index contributed by atoms with van der Waals surface area (Å²) in [5, 5.41) is 10.3. The van der Waals surface area contributed by atoms with Crippen LogP contribution in [0, 0.1) is 0 Å². The molecule has 1 rings (SSSR count). The Kier molecular flexibility index (Phi) is 2.85. The largest absolute Gasteiger partial charge is 0.510 e. The monoisotopic (exact) mass is 168 g/mol. The summed E-state index contributed by atoms with van der Waals surface area (Å²) in [6.07, 6.45) is 5.69. The van der Waals surface area contributed by atoms with E-state index in [0.717, 1.165) is 24.0 Å². The van der Waals surface area contributed by atoms with Crippen LogP contribution in [-0.2, 0) is 6.54 Å². The summed E-state index contributed by atoms with van der Waals surface area (Å²) in [5.41, 5.74) is 0. The number of aryl methyl sites for hydroxylation is 1. The fourth-order valence-electron chi connectivity index (χ4n) is 0.975. The van der Waals surface area contributed by atoms with E-state index in [1.165, 1.54) is 12.5 Å². The number of nitrogens with zero attached hydrogens (tertiary/aromatic N) is 2. The summed E-state index contributed by atoms with van der Waals surface area (Å²) in [6, 6.07) is 0. The highest BCUT2D eigenvalue weighted by atomic mass is 16.4. The predicted octanol–water partition coefficient (Wildman–Crippen LogP) is -0.233. The lowest BCUT2D eigenvalue weighted by molar-refractivity contribution is -0.696. The molecule has 0 aromatic carbocycles. The SMILES string of the molecule is CCCC[n+]1ccn(C(=O)[O-])c1. The normalized spacial score (nSPS) is 10.1. The number of hydrogen-bond acceptors (Lipinski definition) is 2. The van der Waals surface area contributed by atoms with Crippen LogP contribution < -0.4 is 9.67 Å². The molecular formula is C8H12N2O2. The first-order valence-corrected chi connectivity index (χ1v) is 4.02. The molecule has 0 saturated heterocycles. The van der Waals surface area contributed by atoms with E-state index in [9.17, 15) is 9.90 Å². The lowest BCUT2D eigenvalue weighted by Gasteiger charge is -1.93. The van der Waals surface area contributed by atoms with Crippen molar-refractivity contribution in [3.8, 4) is 0 Å². The topological polar surface area (TPSA) is 48.9 Å². The van der Waals surface area contributed by atoms with E-state index in [2.05, 4.69) is 6.92 Å². The summed E-state index contributed by atoms with van der Waals surface area (Å²) in [7, 11) is 0. The molecule has 0 radical (unpaired) electrons. The van der Waals surface area contributed by atoms with Gasteiger partial charge in [-0.3, -0.25) is 0 Å². The zero-order valence-electron chi connectivity index (χ0n) is 7.06. The molecule has 0 spiro atoms. The smallest absolute Gasteiger partial charge is 0.250 e. The summed E-state index contributed by atoms with van der Waals surface area (Å²) < 4.78 is 2.87. The number of rotatable bonds is 3. The minimum Gasteiger partial charge on any atom is -0.510 e. The van der Waals surface area contributed by atoms with Gasteiger partial charge in [-0.05, 0) is 6.42 Å². The summed E-state index contributed by atoms with van der Waals surface area (Å²) >= 11 is 0. The minimum atomic E-state index is -1.19. The van der Waals surface area contributed by atoms with E-state index in [1.807, 2.05) is 4.57 Å². The van der Waals surface area contributed by atoms with E-state index in [4.69, 9.17) is 0 Å². The third-order valence-electron chi connectivity index (χ3n) is 1.67. The Morgan fingerprint density at radius 2 is 2.42 bits per heavy atom. The third kappa shape index (κ3) is 2.08. The molecule has 1 aromatic heterocycles. The highest BCUT2D eigenvalue weighted by Crippen LogP contribution is 1.87. The zero-order valence-corrected chi connectivity index (χ0v) is 7.06. The van der Waals surface area contributed by atoms with Crippen LogP contribution in [-0.4, -0.2) is 10.7 Å². The van der Waals surface area contributed by atoms with E-state index in [1.54, 1.807) is 6.20 Å². The molecule has 12 heavy (non-hydrogen) atoms. The molecule has 0 aliphatic heterocycles. The van der Waals surface area contributed by atoms with Gasteiger partial charge in [0.25, 0.3) is 0 Å². The van der Waals surface area contributed by atoms with Gasteiger partial charge in [0.05, 0.1) is 6.54 Å². The maximum atomic E-state index is 10.3. The summed E-state index contributed by atoms with van der Waals surface area (Å²) in [6.45, 7) is 2.95. The van der Waals surface area contributed by atoms with E-state index < -0.39 is 6.09 Å². The van der Waals surface area contributed by atoms with Gasteiger partial charge in [-0.2, -0.15) is 4.57 Å². The predicted molar refractivity (Wildman–Crippen MR) is 40.3 cm³/mol. The molecule has 66 valence electrons. The lowest BCUT2D eigenvalue weighted by atomic mass is 10.3. The summed E-state index contributed by atoms with van der Waals surface area (Å²) in [4.78, 5) is 10.3. The Morgan fingerprint density at radius 1 is 1.67 bits per heavy atom. The number of carboxylic acid groups (broad SMARTS) is 1. The van der Waals surface area contributed by atoms with Crippen LogP contribution in [0.3, 0.4) is 0 Å². The number of carbonyl (C=O) groups is 1. The van der Waals surface area contributed by atoms with Crippen molar-refractivity contribution in [3.05, 3.63) is 18.7 Å². The molecular weight excluding hydrogens is 156 g/mol. The molecule has 0 aliphatic rings. The molecule has 1 heterocycles. The molecule has 4 nitrogen and oxygen atoms in total. The second-order valence-corrected chi connectivity index (χ2v) is 2.68. The van der Waals surface area contributed by atoms with Crippen molar-refractivity contribution in [1.82, 2.24) is 4.57 Å². The first-order chi connectivity index (χ1) is 5.74. The number of carbonyl (C=O) groups excluding carboxylic acids is 1. The number of hydrogen-bond donors (Lipinski definition) is 0. The maximum Gasteiger partial charge on any atom is 0.250 e. The zero-order chi connectivity index (χ0) is 8.97. The van der Waals surface area contributed by atoms with E-state index in [0.29, 0.717) is 0 Å². The molecule has 0 bridgehead atoms. The van der Waals surface area contributed by atoms with Crippen LogP contribution in [0.5, 0.6) is 0 Å². The number of aromatic nitrogens is 2. The minimum absolute atomic E-state index is 0.858. The van der Waals surface area contributed by atoms with Crippen molar-refractivity contribution < 1.29 is 14.5 Å². The number of imidazole rings is 1. The van der Waals surface area contributed by atoms with Gasteiger partial charge >= 0.3 is 0 Å². The molecule has 0 atom stereocenters. The van der Waals surface area contributed by atoms with Crippen LogP contribution in [0.1, 0.15) is 19.8 Å². The molecule has 1 aromatic rings. The van der Waals surface area contributed by atoms with Crippen molar-refractivity contribution in [2.75, 3.05) is 0 Å². The maximum absolute atomic E-state index is 10.3. The van der Waals surface area contributed by atoms with Crippen LogP contribution in [0.25, 0.3) is 0 Å². The van der Waals surface area contributed by atoms with Crippen LogP contribution in [0.2, 0.25) is 0 Å². The van der Waals surface area contributed by atoms with Gasteiger partial charge in [-0.15, -0.1) is 0 Å². The summed E-state index contributed by atoms with van der Waals surface area (Å²) in [5.74, 6) is 0. The Morgan fingerprint density at radius 3 is 2.92 bits per heavy atom. The second kappa shape index (κ2) is 3.90. The van der Waals surface area contributed by atoms with E-state index >= 15 is 0 Å². The van der Waals surface area contributed by atoms with Crippen LogP contribution in [0.4, 0.5) is 4.79 Å². The first-order valence-electron chi connectivity index (χ1n) is 4.02. The molecule has 0 aliphatic carbocycles. The molecule has 0 N–H and O–H groups in total. The van der Waals surface area contributed by atoms with Crippen molar-refractivity contribution in [3.63, 3.8) is 0 Å². The van der Waals surface area contributed by atoms with Gasteiger partial charge in [0.1, 0.15) is 12.4 Å². The quantitative estimate of drug-likeness (QED) is 0.585.